The molecule has 1 aliphatic carbocycles. The molecule has 2 heterocycles. The fourth-order valence-corrected chi connectivity index (χ4v) is 3.96. The third-order valence-electron chi connectivity index (χ3n) is 5.56. The Kier molecular flexibility index (Phi) is 3.64. The van der Waals surface area contributed by atoms with Gasteiger partial charge in [-0.15, -0.1) is 0 Å². The summed E-state index contributed by atoms with van der Waals surface area (Å²) in [6.45, 7) is 5.92. The number of fused-ring (bicyclic) bond motifs is 2. The van der Waals surface area contributed by atoms with Crippen molar-refractivity contribution in [2.24, 2.45) is 0 Å². The molecule has 23 heavy (non-hydrogen) atoms. The van der Waals surface area contributed by atoms with Gasteiger partial charge in [-0.1, -0.05) is 0 Å². The van der Waals surface area contributed by atoms with Crippen LogP contribution in [0.1, 0.15) is 37.0 Å². The fraction of sp³-hybridized carbons (Fsp3) is 0.526. The van der Waals surface area contributed by atoms with Gasteiger partial charge in [0, 0.05) is 36.1 Å². The van der Waals surface area contributed by atoms with E-state index in [0.29, 0.717) is 12.5 Å². The van der Waals surface area contributed by atoms with Crippen LogP contribution in [0.15, 0.2) is 22.8 Å². The molecule has 4 rings (SSSR count). The van der Waals surface area contributed by atoms with Crippen LogP contribution in [-0.2, 0) is 24.1 Å². The normalized spacial score (nSPS) is 24.2. The smallest absolute Gasteiger partial charge is 0.227 e. The summed E-state index contributed by atoms with van der Waals surface area (Å²) < 4.78 is 5.73. The van der Waals surface area contributed by atoms with E-state index >= 15 is 0 Å². The second kappa shape index (κ2) is 5.68. The number of hydrogen-bond acceptors (Lipinski definition) is 3. The zero-order chi connectivity index (χ0) is 16.0. The number of nitrogens with zero attached hydrogens (tertiary/aromatic N) is 1. The summed E-state index contributed by atoms with van der Waals surface area (Å²) in [6.07, 6.45) is 5.73. The number of carbonyl (C=O) groups excluding carboxylic acids is 1. The second-order valence-corrected chi connectivity index (χ2v) is 6.98. The molecule has 4 nitrogen and oxygen atoms in total. The van der Waals surface area contributed by atoms with Crippen LogP contribution in [0.25, 0.3) is 11.0 Å². The van der Waals surface area contributed by atoms with Crippen LogP contribution in [0.5, 0.6) is 0 Å². The lowest BCUT2D eigenvalue weighted by Crippen LogP contribution is -2.57. The predicted molar refractivity (Wildman–Crippen MR) is 90.6 cm³/mol. The minimum absolute atomic E-state index is 0.203. The summed E-state index contributed by atoms with van der Waals surface area (Å²) in [5, 5.41) is 4.54. The maximum absolute atomic E-state index is 12.8. The van der Waals surface area contributed by atoms with Crippen LogP contribution in [0, 0.1) is 0 Å². The zero-order valence-corrected chi connectivity index (χ0v) is 13.9. The van der Waals surface area contributed by atoms with Gasteiger partial charge in [-0.05, 0) is 56.4 Å². The summed E-state index contributed by atoms with van der Waals surface area (Å²) in [5.74, 6) is 0.203. The Balaban J connectivity index is 1.59. The van der Waals surface area contributed by atoms with E-state index in [0.717, 1.165) is 42.5 Å². The van der Waals surface area contributed by atoms with Gasteiger partial charge < -0.3 is 14.6 Å². The Bertz CT molecular complexity index is 749. The first kappa shape index (κ1) is 14.8. The third-order valence-corrected chi connectivity index (χ3v) is 5.56. The number of benzene rings is 1. The predicted octanol–water partition coefficient (Wildman–Crippen LogP) is 2.67. The average molecular weight is 312 g/mol. The highest BCUT2D eigenvalue weighted by molar-refractivity contribution is 5.88. The van der Waals surface area contributed by atoms with Crippen LogP contribution in [0.3, 0.4) is 0 Å². The molecule has 2 aliphatic rings. The van der Waals surface area contributed by atoms with Crippen molar-refractivity contribution in [2.45, 2.75) is 51.6 Å². The number of carbonyl (C=O) groups is 1. The van der Waals surface area contributed by atoms with Gasteiger partial charge in [-0.2, -0.15) is 0 Å². The van der Waals surface area contributed by atoms with Crippen LogP contribution in [0.4, 0.5) is 0 Å². The van der Waals surface area contributed by atoms with Crippen LogP contribution in [0.2, 0.25) is 0 Å². The van der Waals surface area contributed by atoms with E-state index in [9.17, 15) is 4.79 Å². The molecule has 1 N–H and O–H groups in total. The molecule has 1 amide bonds. The summed E-state index contributed by atoms with van der Waals surface area (Å²) in [7, 11) is 0. The van der Waals surface area contributed by atoms with Crippen LogP contribution >= 0.6 is 0 Å². The molecule has 2 aromatic rings. The Hall–Kier alpha value is -1.81. The van der Waals surface area contributed by atoms with Crippen LogP contribution < -0.4 is 5.32 Å². The van der Waals surface area contributed by atoms with E-state index in [4.69, 9.17) is 4.42 Å². The molecular weight excluding hydrogens is 288 g/mol. The van der Waals surface area contributed by atoms with Crippen molar-refractivity contribution in [3.05, 3.63) is 35.1 Å². The first-order valence-corrected chi connectivity index (χ1v) is 8.68. The molecular formula is C19H24N2O2. The Labute approximate surface area is 136 Å². The van der Waals surface area contributed by atoms with E-state index < -0.39 is 0 Å². The molecule has 2 atom stereocenters. The quantitative estimate of drug-likeness (QED) is 0.927. The monoisotopic (exact) mass is 312 g/mol. The Morgan fingerprint density at radius 2 is 2.09 bits per heavy atom. The van der Waals surface area contributed by atoms with E-state index in [2.05, 4.69) is 31.3 Å². The van der Waals surface area contributed by atoms with E-state index in [1.165, 1.54) is 17.5 Å². The van der Waals surface area contributed by atoms with Gasteiger partial charge in [0.05, 0.1) is 12.7 Å². The number of rotatable bonds is 2. The number of hydrogen-bond donors (Lipinski definition) is 1. The standard InChI is InChI=1S/C19H24N2O2/c1-12-13(2)21(7-6-20-12)19(22)10-16-11-23-18-9-15-5-3-4-14(15)8-17(16)18/h8-9,11-13,20H,3-7,10H2,1-2H3. The first-order valence-electron chi connectivity index (χ1n) is 8.68. The van der Waals surface area contributed by atoms with Crippen molar-refractivity contribution < 1.29 is 9.21 Å². The molecule has 0 radical (unpaired) electrons. The number of nitrogens with one attached hydrogen (secondary N) is 1. The van der Waals surface area contributed by atoms with Gasteiger partial charge >= 0.3 is 0 Å². The summed E-state index contributed by atoms with van der Waals surface area (Å²) >= 11 is 0. The minimum atomic E-state index is 0.203. The molecule has 1 aliphatic heterocycles. The minimum Gasteiger partial charge on any atom is -0.464 e. The topological polar surface area (TPSA) is 45.5 Å². The van der Waals surface area contributed by atoms with E-state index in [1.54, 1.807) is 6.26 Å². The number of amides is 1. The molecule has 1 fully saturated rings. The summed E-state index contributed by atoms with van der Waals surface area (Å²) in [5.41, 5.74) is 4.79. The first-order chi connectivity index (χ1) is 11.1. The van der Waals surface area contributed by atoms with Gasteiger partial charge in [0.2, 0.25) is 5.91 Å². The molecule has 2 unspecified atom stereocenters. The zero-order valence-electron chi connectivity index (χ0n) is 13.9. The highest BCUT2D eigenvalue weighted by atomic mass is 16.3. The number of aryl methyl sites for hydroxylation is 2. The van der Waals surface area contributed by atoms with E-state index in [-0.39, 0.29) is 11.9 Å². The van der Waals surface area contributed by atoms with E-state index in [1.807, 2.05) is 4.90 Å². The molecule has 122 valence electrons. The largest absolute Gasteiger partial charge is 0.464 e. The molecule has 0 spiro atoms. The molecule has 0 saturated carbocycles. The molecule has 1 saturated heterocycles. The number of piperazine rings is 1. The fourth-order valence-electron chi connectivity index (χ4n) is 3.96. The van der Waals surface area contributed by atoms with Crippen molar-refractivity contribution in [1.82, 2.24) is 10.2 Å². The molecule has 0 bridgehead atoms. The molecule has 1 aromatic carbocycles. The highest BCUT2D eigenvalue weighted by Crippen LogP contribution is 2.30. The lowest BCUT2D eigenvalue weighted by atomic mass is 10.0. The van der Waals surface area contributed by atoms with Crippen LogP contribution in [-0.4, -0.2) is 36.0 Å². The van der Waals surface area contributed by atoms with Gasteiger partial charge in [0.1, 0.15) is 5.58 Å². The van der Waals surface area contributed by atoms with Gasteiger partial charge in [-0.3, -0.25) is 4.79 Å². The van der Waals surface area contributed by atoms with Gasteiger partial charge in [0.25, 0.3) is 0 Å². The lowest BCUT2D eigenvalue weighted by Gasteiger charge is -2.38. The highest BCUT2D eigenvalue weighted by Gasteiger charge is 2.28. The molecule has 1 aromatic heterocycles. The lowest BCUT2D eigenvalue weighted by molar-refractivity contribution is -0.134. The Morgan fingerprint density at radius 1 is 1.30 bits per heavy atom. The second-order valence-electron chi connectivity index (χ2n) is 6.98. The maximum Gasteiger partial charge on any atom is 0.227 e. The molecule has 4 heteroatoms. The third kappa shape index (κ3) is 2.55. The summed E-state index contributed by atoms with van der Waals surface area (Å²) in [6, 6.07) is 4.99. The SMILES string of the molecule is CC1NCCN(C(=O)Cc2coc3cc4c(cc23)CCC4)C1C. The average Bonchev–Trinajstić information content (AvgIpc) is 3.14. The maximum atomic E-state index is 12.8. The van der Waals surface area contributed by atoms with Crippen molar-refractivity contribution in [3.8, 4) is 0 Å². The number of furan rings is 1. The van der Waals surface area contributed by atoms with Crippen molar-refractivity contribution in [1.29, 1.82) is 0 Å². The summed E-state index contributed by atoms with van der Waals surface area (Å²) in [4.78, 5) is 14.8. The van der Waals surface area contributed by atoms with Gasteiger partial charge in [-0.25, -0.2) is 0 Å². The van der Waals surface area contributed by atoms with Crippen molar-refractivity contribution >= 4 is 16.9 Å². The van der Waals surface area contributed by atoms with Crippen molar-refractivity contribution in [3.63, 3.8) is 0 Å². The Morgan fingerprint density at radius 3 is 2.91 bits per heavy atom. The van der Waals surface area contributed by atoms with Crippen molar-refractivity contribution in [2.75, 3.05) is 13.1 Å². The van der Waals surface area contributed by atoms with Gasteiger partial charge in [0.15, 0.2) is 0 Å².